The number of allylic oxidation sites excluding steroid dienone is 4. The average Bonchev–Trinajstić information content (AvgIpc) is 2.99. The summed E-state index contributed by atoms with van der Waals surface area (Å²) in [6.45, 7) is 9.74. The molecule has 0 amide bonds. The summed E-state index contributed by atoms with van der Waals surface area (Å²) in [4.78, 5) is 16.8. The first-order valence-corrected chi connectivity index (χ1v) is 8.74. The quantitative estimate of drug-likeness (QED) is 0.692. The van der Waals surface area contributed by atoms with Crippen molar-refractivity contribution in [1.29, 1.82) is 0 Å². The third kappa shape index (κ3) is 3.51. The van der Waals surface area contributed by atoms with Crippen molar-refractivity contribution in [3.8, 4) is 0 Å². The number of fused-ring (bicyclic) bond motifs is 1. The molecule has 5 nitrogen and oxygen atoms in total. The maximum Gasteiger partial charge on any atom is 0.308 e. The van der Waals surface area contributed by atoms with Crippen LogP contribution < -0.4 is 0 Å². The van der Waals surface area contributed by atoms with Crippen molar-refractivity contribution in [3.63, 3.8) is 0 Å². The third-order valence-electron chi connectivity index (χ3n) is 4.40. The number of benzene rings is 1. The summed E-state index contributed by atoms with van der Waals surface area (Å²) in [6.07, 6.45) is 3.48. The highest BCUT2D eigenvalue weighted by Gasteiger charge is 2.31. The number of hydrogen-bond acceptors (Lipinski definition) is 5. The van der Waals surface area contributed by atoms with Crippen LogP contribution in [0.15, 0.2) is 64.7 Å². The first-order chi connectivity index (χ1) is 13.0. The number of halogens is 1. The number of rotatable bonds is 5. The fourth-order valence-corrected chi connectivity index (χ4v) is 3.25. The van der Waals surface area contributed by atoms with E-state index in [1.807, 2.05) is 19.1 Å². The van der Waals surface area contributed by atoms with Crippen molar-refractivity contribution < 1.29 is 14.1 Å². The number of carbonyl (C=O) groups excluding carboxylic acids is 1. The zero-order chi connectivity index (χ0) is 19.6. The molecule has 1 aromatic carbocycles. The number of ether oxygens (including phenoxy) is 1. The molecule has 0 spiro atoms. The number of carbonyl (C=O) groups is 1. The molecule has 1 aromatic heterocycles. The molecule has 27 heavy (non-hydrogen) atoms. The fourth-order valence-electron chi connectivity index (χ4n) is 3.12. The molecule has 0 bridgehead atoms. The predicted octanol–water partition coefficient (Wildman–Crippen LogP) is 4.87. The molecule has 0 N–H and O–H groups in total. The first kappa shape index (κ1) is 18.9. The van der Waals surface area contributed by atoms with Crippen LogP contribution in [0.1, 0.15) is 35.0 Å². The second-order valence-corrected chi connectivity index (χ2v) is 6.46. The van der Waals surface area contributed by atoms with Gasteiger partial charge in [-0.3, -0.25) is 9.79 Å². The second-order valence-electron chi connectivity index (χ2n) is 6.02. The van der Waals surface area contributed by atoms with Gasteiger partial charge in [0.05, 0.1) is 30.5 Å². The van der Waals surface area contributed by atoms with Gasteiger partial charge in [0.2, 0.25) is 0 Å². The van der Waals surface area contributed by atoms with Crippen LogP contribution in [0.4, 0.5) is 0 Å². The first-order valence-electron chi connectivity index (χ1n) is 8.36. The molecule has 0 saturated carbocycles. The number of hydrogen-bond donors (Lipinski definition) is 0. The Balaban J connectivity index is 2.28. The molecule has 0 saturated heterocycles. The molecule has 0 radical (unpaired) electrons. The van der Waals surface area contributed by atoms with Gasteiger partial charge in [0.15, 0.2) is 5.76 Å². The Morgan fingerprint density at radius 1 is 1.26 bits per heavy atom. The summed E-state index contributed by atoms with van der Waals surface area (Å²) in [5, 5.41) is 4.69. The van der Waals surface area contributed by atoms with Gasteiger partial charge in [0.25, 0.3) is 0 Å². The van der Waals surface area contributed by atoms with Crippen LogP contribution in [0.25, 0.3) is 5.57 Å². The maximum absolute atomic E-state index is 12.0. The van der Waals surface area contributed by atoms with Gasteiger partial charge >= 0.3 is 5.97 Å². The van der Waals surface area contributed by atoms with Gasteiger partial charge < -0.3 is 9.26 Å². The van der Waals surface area contributed by atoms with Gasteiger partial charge in [-0.15, -0.1) is 0 Å². The molecule has 0 unspecified atom stereocenters. The molecule has 0 aliphatic carbocycles. The second kappa shape index (κ2) is 7.76. The Bertz CT molecular complexity index is 968. The summed E-state index contributed by atoms with van der Waals surface area (Å²) in [5.41, 5.74) is 4.59. The lowest BCUT2D eigenvalue weighted by molar-refractivity contribution is -0.141. The normalized spacial score (nSPS) is 16.3. The molecule has 1 aliphatic rings. The van der Waals surface area contributed by atoms with Crippen LogP contribution in [0.2, 0.25) is 5.02 Å². The van der Waals surface area contributed by atoms with Crippen molar-refractivity contribution in [3.05, 3.63) is 82.8 Å². The number of aryl methyl sites for hydroxylation is 1. The molecule has 1 aliphatic heterocycles. The number of aliphatic imine (C=N–C) groups is 1. The van der Waals surface area contributed by atoms with Crippen molar-refractivity contribution in [1.82, 2.24) is 5.16 Å². The minimum Gasteiger partial charge on any atom is -0.469 e. The number of nitrogens with zero attached hydrogens (tertiary/aromatic N) is 2. The molecule has 3 rings (SSSR count). The Labute approximate surface area is 162 Å². The minimum absolute atomic E-state index is 0.0318. The van der Waals surface area contributed by atoms with Crippen molar-refractivity contribution in [2.75, 3.05) is 7.11 Å². The summed E-state index contributed by atoms with van der Waals surface area (Å²) in [7, 11) is 1.35. The van der Waals surface area contributed by atoms with Crippen molar-refractivity contribution in [2.24, 2.45) is 4.99 Å². The van der Waals surface area contributed by atoms with Gasteiger partial charge in [-0.25, -0.2) is 0 Å². The van der Waals surface area contributed by atoms with E-state index in [1.54, 1.807) is 24.3 Å². The standard InChI is InChI=1S/C21H19ClN2O3/c1-5-15-16(6-2)20(13-7-9-14(22)10-8-13)23-17(11-18(25)26-4)21-19(15)12(3)24-27-21/h5-10,17H,1-2,11H2,3-4H3/t17-/m0/s1. The van der Waals surface area contributed by atoms with Crippen LogP contribution >= 0.6 is 11.6 Å². The maximum atomic E-state index is 12.0. The van der Waals surface area contributed by atoms with Crippen LogP contribution in [0.5, 0.6) is 0 Å². The smallest absolute Gasteiger partial charge is 0.308 e. The lowest BCUT2D eigenvalue weighted by Crippen LogP contribution is -2.10. The van der Waals surface area contributed by atoms with E-state index < -0.39 is 6.04 Å². The van der Waals surface area contributed by atoms with Crippen molar-refractivity contribution >= 4 is 28.9 Å². The Hall–Kier alpha value is -2.92. The fraction of sp³-hybridized carbons (Fsp3) is 0.190. The molecule has 138 valence electrons. The minimum atomic E-state index is -0.577. The lowest BCUT2D eigenvalue weighted by atomic mass is 9.93. The summed E-state index contributed by atoms with van der Waals surface area (Å²) in [6, 6.07) is 6.75. The summed E-state index contributed by atoms with van der Waals surface area (Å²) in [5.74, 6) is 0.123. The Morgan fingerprint density at radius 3 is 2.52 bits per heavy atom. The molecular weight excluding hydrogens is 364 g/mol. The average molecular weight is 383 g/mol. The topological polar surface area (TPSA) is 64.7 Å². The van der Waals surface area contributed by atoms with Crippen LogP contribution in [-0.2, 0) is 9.53 Å². The van der Waals surface area contributed by atoms with E-state index in [2.05, 4.69) is 18.3 Å². The monoisotopic (exact) mass is 382 g/mol. The summed E-state index contributed by atoms with van der Waals surface area (Å²) >= 11 is 6.03. The van der Waals surface area contributed by atoms with Crippen LogP contribution in [0.3, 0.4) is 0 Å². The van der Waals surface area contributed by atoms with Gasteiger partial charge in [-0.2, -0.15) is 0 Å². The lowest BCUT2D eigenvalue weighted by Gasteiger charge is -2.12. The zero-order valence-electron chi connectivity index (χ0n) is 15.2. The SMILES string of the molecule is C=CC1=C(C=C)c2c(C)noc2[C@H](CC(=O)OC)N=C1c1ccc(Cl)cc1. The Morgan fingerprint density at radius 2 is 1.93 bits per heavy atom. The van der Waals surface area contributed by atoms with Crippen LogP contribution in [0, 0.1) is 6.92 Å². The predicted molar refractivity (Wildman–Crippen MR) is 106 cm³/mol. The van der Waals surface area contributed by atoms with E-state index in [1.165, 1.54) is 7.11 Å². The molecule has 1 atom stereocenters. The molecule has 2 aromatic rings. The molecule has 6 heteroatoms. The number of methoxy groups -OCH3 is 1. The largest absolute Gasteiger partial charge is 0.469 e. The van der Waals surface area contributed by atoms with E-state index in [0.29, 0.717) is 22.2 Å². The molecular formula is C21H19ClN2O3. The Kier molecular flexibility index (Phi) is 5.42. The zero-order valence-corrected chi connectivity index (χ0v) is 15.9. The molecule has 0 fully saturated rings. The number of esters is 1. The van der Waals surface area contributed by atoms with E-state index in [-0.39, 0.29) is 12.4 Å². The molecule has 2 heterocycles. The van der Waals surface area contributed by atoms with Gasteiger partial charge in [-0.1, -0.05) is 54.2 Å². The van der Waals surface area contributed by atoms with Crippen molar-refractivity contribution in [2.45, 2.75) is 19.4 Å². The highest BCUT2D eigenvalue weighted by atomic mass is 35.5. The van der Waals surface area contributed by atoms with Crippen LogP contribution in [-0.4, -0.2) is 23.9 Å². The van der Waals surface area contributed by atoms with E-state index in [4.69, 9.17) is 25.9 Å². The van der Waals surface area contributed by atoms with Gasteiger partial charge in [-0.05, 0) is 24.6 Å². The summed E-state index contributed by atoms with van der Waals surface area (Å²) < 4.78 is 10.4. The van der Waals surface area contributed by atoms with Gasteiger partial charge in [0, 0.05) is 16.2 Å². The number of aromatic nitrogens is 1. The third-order valence-corrected chi connectivity index (χ3v) is 4.66. The van der Waals surface area contributed by atoms with E-state index in [0.717, 1.165) is 22.3 Å². The highest BCUT2D eigenvalue weighted by molar-refractivity contribution is 6.30. The van der Waals surface area contributed by atoms with Gasteiger partial charge in [0.1, 0.15) is 6.04 Å². The highest BCUT2D eigenvalue weighted by Crippen LogP contribution is 2.39. The van der Waals surface area contributed by atoms with E-state index >= 15 is 0 Å². The van der Waals surface area contributed by atoms with E-state index in [9.17, 15) is 4.79 Å².